The number of unbranched alkanes of at least 4 members (excludes halogenated alkanes) is 5. The first-order chi connectivity index (χ1) is 10.4. The molecule has 1 aromatic rings. The summed E-state index contributed by atoms with van der Waals surface area (Å²) in [6, 6.07) is 6.68. The maximum atomic E-state index is 5.90. The van der Waals surface area contributed by atoms with Gasteiger partial charge in [0.1, 0.15) is 5.75 Å². The average molecular weight is 290 g/mol. The summed E-state index contributed by atoms with van der Waals surface area (Å²) in [7, 11) is 0. The largest absolute Gasteiger partial charge is 0.493 e. The number of fused-ring (bicyclic) bond motifs is 1. The van der Waals surface area contributed by atoms with Crippen molar-refractivity contribution in [2.24, 2.45) is 5.84 Å². The van der Waals surface area contributed by atoms with E-state index in [-0.39, 0.29) is 6.04 Å². The number of nitrogens with one attached hydrogen (secondary N) is 1. The van der Waals surface area contributed by atoms with E-state index < -0.39 is 0 Å². The molecular weight excluding hydrogens is 260 g/mol. The number of hydrogen-bond acceptors (Lipinski definition) is 3. The van der Waals surface area contributed by atoms with Gasteiger partial charge in [-0.1, -0.05) is 63.6 Å². The molecule has 0 amide bonds. The molecule has 0 aromatic heterocycles. The number of hydrazine groups is 1. The molecule has 1 aliphatic rings. The van der Waals surface area contributed by atoms with Gasteiger partial charge in [0.15, 0.2) is 0 Å². The minimum absolute atomic E-state index is 0.212. The summed E-state index contributed by atoms with van der Waals surface area (Å²) in [6.45, 7) is 3.09. The Kier molecular flexibility index (Phi) is 7.04. The fraction of sp³-hybridized carbons (Fsp3) is 0.667. The monoisotopic (exact) mass is 290 g/mol. The molecule has 0 saturated heterocycles. The van der Waals surface area contributed by atoms with Gasteiger partial charge in [0.2, 0.25) is 0 Å². The van der Waals surface area contributed by atoms with Gasteiger partial charge in [-0.25, -0.2) is 0 Å². The summed E-state index contributed by atoms with van der Waals surface area (Å²) in [4.78, 5) is 0. The number of para-hydroxylation sites is 1. The van der Waals surface area contributed by atoms with E-state index in [1.54, 1.807) is 0 Å². The van der Waals surface area contributed by atoms with E-state index in [1.165, 1.54) is 49.7 Å². The number of ether oxygens (including phenoxy) is 1. The molecule has 0 bridgehead atoms. The lowest BCUT2D eigenvalue weighted by molar-refractivity contribution is 0.280. The summed E-state index contributed by atoms with van der Waals surface area (Å²) in [5.74, 6) is 6.88. The van der Waals surface area contributed by atoms with Crippen LogP contribution in [0, 0.1) is 0 Å². The molecule has 118 valence electrons. The molecule has 1 aliphatic heterocycles. The first-order valence-electron chi connectivity index (χ1n) is 8.57. The summed E-state index contributed by atoms with van der Waals surface area (Å²) in [5.41, 5.74) is 5.56. The van der Waals surface area contributed by atoms with Crippen molar-refractivity contribution in [3.8, 4) is 5.75 Å². The SMILES string of the molecule is CCCCCCCCC(NN)c1cccc2c1OCCC2. The van der Waals surface area contributed by atoms with Crippen LogP contribution in [0.3, 0.4) is 0 Å². The van der Waals surface area contributed by atoms with Crippen LogP contribution in [0.5, 0.6) is 5.75 Å². The fourth-order valence-electron chi connectivity index (χ4n) is 3.15. The molecule has 1 aromatic carbocycles. The van der Waals surface area contributed by atoms with Gasteiger partial charge < -0.3 is 4.74 Å². The van der Waals surface area contributed by atoms with Gasteiger partial charge in [0.25, 0.3) is 0 Å². The van der Waals surface area contributed by atoms with Crippen LogP contribution in [0.2, 0.25) is 0 Å². The van der Waals surface area contributed by atoms with Gasteiger partial charge in [-0.05, 0) is 24.8 Å². The van der Waals surface area contributed by atoms with Gasteiger partial charge in [-0.3, -0.25) is 11.3 Å². The molecular formula is C18H30N2O. The number of hydrogen-bond donors (Lipinski definition) is 2. The first kappa shape index (κ1) is 16.3. The van der Waals surface area contributed by atoms with E-state index in [2.05, 4.69) is 30.5 Å². The lowest BCUT2D eigenvalue weighted by Crippen LogP contribution is -2.29. The van der Waals surface area contributed by atoms with Crippen molar-refractivity contribution in [1.82, 2.24) is 5.43 Å². The Morgan fingerprint density at radius 1 is 1.19 bits per heavy atom. The zero-order chi connectivity index (χ0) is 14.9. The van der Waals surface area contributed by atoms with Crippen molar-refractivity contribution in [3.05, 3.63) is 29.3 Å². The molecule has 3 heteroatoms. The Hall–Kier alpha value is -1.06. The lowest BCUT2D eigenvalue weighted by atomic mass is 9.95. The molecule has 1 atom stereocenters. The van der Waals surface area contributed by atoms with Crippen LogP contribution in [0.25, 0.3) is 0 Å². The van der Waals surface area contributed by atoms with Gasteiger partial charge in [0.05, 0.1) is 6.61 Å². The summed E-state index contributed by atoms with van der Waals surface area (Å²) >= 11 is 0. The molecule has 1 heterocycles. The number of rotatable bonds is 9. The third kappa shape index (κ3) is 4.72. The molecule has 0 fully saturated rings. The maximum Gasteiger partial charge on any atom is 0.127 e. The second-order valence-corrected chi connectivity index (χ2v) is 6.06. The van der Waals surface area contributed by atoms with Crippen molar-refractivity contribution < 1.29 is 4.74 Å². The molecule has 0 radical (unpaired) electrons. The Balaban J connectivity index is 1.89. The quantitative estimate of drug-likeness (QED) is 0.406. The predicted molar refractivity (Wildman–Crippen MR) is 88.3 cm³/mol. The lowest BCUT2D eigenvalue weighted by Gasteiger charge is -2.25. The molecule has 0 spiro atoms. The third-order valence-electron chi connectivity index (χ3n) is 4.39. The molecule has 1 unspecified atom stereocenters. The zero-order valence-electron chi connectivity index (χ0n) is 13.4. The number of aryl methyl sites for hydroxylation is 1. The Labute approximate surface area is 129 Å². The van der Waals surface area contributed by atoms with E-state index in [1.807, 2.05) is 0 Å². The summed E-state index contributed by atoms with van der Waals surface area (Å²) < 4.78 is 5.90. The molecule has 0 aliphatic carbocycles. The normalized spacial score (nSPS) is 15.3. The predicted octanol–water partition coefficient (Wildman–Crippen LogP) is 4.27. The zero-order valence-corrected chi connectivity index (χ0v) is 13.4. The topological polar surface area (TPSA) is 47.3 Å². The fourth-order valence-corrected chi connectivity index (χ4v) is 3.15. The van der Waals surface area contributed by atoms with E-state index >= 15 is 0 Å². The van der Waals surface area contributed by atoms with Crippen LogP contribution >= 0.6 is 0 Å². The van der Waals surface area contributed by atoms with E-state index in [4.69, 9.17) is 10.6 Å². The van der Waals surface area contributed by atoms with Crippen molar-refractivity contribution in [3.63, 3.8) is 0 Å². The van der Waals surface area contributed by atoms with E-state index in [0.717, 1.165) is 31.6 Å². The minimum Gasteiger partial charge on any atom is -0.493 e. The molecule has 3 nitrogen and oxygen atoms in total. The number of benzene rings is 1. The minimum atomic E-state index is 0.212. The van der Waals surface area contributed by atoms with Gasteiger partial charge in [-0.2, -0.15) is 0 Å². The molecule has 2 rings (SSSR count). The van der Waals surface area contributed by atoms with Crippen molar-refractivity contribution in [2.45, 2.75) is 70.8 Å². The molecule has 0 saturated carbocycles. The highest BCUT2D eigenvalue weighted by molar-refractivity contribution is 5.44. The summed E-state index contributed by atoms with van der Waals surface area (Å²) in [5, 5.41) is 0. The average Bonchev–Trinajstić information content (AvgIpc) is 2.54. The van der Waals surface area contributed by atoms with Crippen LogP contribution in [0.1, 0.15) is 75.5 Å². The van der Waals surface area contributed by atoms with Crippen LogP contribution in [0.4, 0.5) is 0 Å². The van der Waals surface area contributed by atoms with Crippen molar-refractivity contribution in [2.75, 3.05) is 6.61 Å². The Morgan fingerprint density at radius 2 is 2.00 bits per heavy atom. The third-order valence-corrected chi connectivity index (χ3v) is 4.39. The van der Waals surface area contributed by atoms with Gasteiger partial charge >= 0.3 is 0 Å². The van der Waals surface area contributed by atoms with E-state index in [0.29, 0.717) is 0 Å². The van der Waals surface area contributed by atoms with Crippen LogP contribution in [-0.2, 0) is 6.42 Å². The first-order valence-corrected chi connectivity index (χ1v) is 8.57. The smallest absolute Gasteiger partial charge is 0.127 e. The second kappa shape index (κ2) is 9.06. The van der Waals surface area contributed by atoms with Crippen LogP contribution in [-0.4, -0.2) is 6.61 Å². The van der Waals surface area contributed by atoms with E-state index in [9.17, 15) is 0 Å². The van der Waals surface area contributed by atoms with Crippen LogP contribution < -0.4 is 16.0 Å². The highest BCUT2D eigenvalue weighted by Crippen LogP contribution is 2.34. The highest BCUT2D eigenvalue weighted by atomic mass is 16.5. The van der Waals surface area contributed by atoms with Crippen LogP contribution in [0.15, 0.2) is 18.2 Å². The maximum absolute atomic E-state index is 5.90. The number of nitrogens with two attached hydrogens (primary N) is 1. The van der Waals surface area contributed by atoms with Gasteiger partial charge in [0, 0.05) is 11.6 Å². The highest BCUT2D eigenvalue weighted by Gasteiger charge is 2.19. The van der Waals surface area contributed by atoms with Crippen molar-refractivity contribution in [1.29, 1.82) is 0 Å². The standard InChI is InChI=1S/C18H30N2O/c1-2-3-4-5-6-7-13-17(20-19)16-12-8-10-15-11-9-14-21-18(15)16/h8,10,12,17,20H,2-7,9,11,13-14,19H2,1H3. The van der Waals surface area contributed by atoms with Crippen molar-refractivity contribution >= 4 is 0 Å². The molecule has 3 N–H and O–H groups in total. The summed E-state index contributed by atoms with van der Waals surface area (Å²) in [6.07, 6.45) is 11.2. The van der Waals surface area contributed by atoms with Gasteiger partial charge in [-0.15, -0.1) is 0 Å². The Bertz CT molecular complexity index is 420. The second-order valence-electron chi connectivity index (χ2n) is 6.06. The molecule has 21 heavy (non-hydrogen) atoms. The Morgan fingerprint density at radius 3 is 2.81 bits per heavy atom.